The first-order valence-electron chi connectivity index (χ1n) is 8.23. The fourth-order valence-corrected chi connectivity index (χ4v) is 3.01. The van der Waals surface area contributed by atoms with Crippen LogP contribution in [0.1, 0.15) is 21.5 Å². The molecule has 2 aromatic rings. The molecule has 4 nitrogen and oxygen atoms in total. The number of ether oxygens (including phenoxy) is 2. The van der Waals surface area contributed by atoms with Crippen LogP contribution >= 0.6 is 11.6 Å². The van der Waals surface area contributed by atoms with Crippen LogP contribution < -0.4 is 4.74 Å². The number of hydrogen-bond acceptors (Lipinski definition) is 4. The minimum atomic E-state index is -1.74. The minimum absolute atomic E-state index is 0.183. The summed E-state index contributed by atoms with van der Waals surface area (Å²) in [6.07, 6.45) is 0. The molecule has 0 aliphatic heterocycles. The molecule has 0 fully saturated rings. The Morgan fingerprint density at radius 3 is 2.12 bits per heavy atom. The Balaban J connectivity index is 1.86. The third-order valence-electron chi connectivity index (χ3n) is 3.29. The second-order valence-electron chi connectivity index (χ2n) is 6.74. The van der Waals surface area contributed by atoms with Crippen molar-refractivity contribution < 1.29 is 18.7 Å². The zero-order chi connectivity index (χ0) is 19.2. The average Bonchev–Trinajstić information content (AvgIpc) is 2.59. The summed E-state index contributed by atoms with van der Waals surface area (Å²) in [5, 5.41) is 0. The zero-order valence-corrected chi connectivity index (χ0v) is 17.0. The van der Waals surface area contributed by atoms with E-state index in [1.165, 1.54) is 0 Å². The van der Waals surface area contributed by atoms with Crippen molar-refractivity contribution in [2.75, 3.05) is 0 Å². The van der Waals surface area contributed by atoms with E-state index in [1.807, 2.05) is 24.3 Å². The Hall–Kier alpha value is -2.24. The van der Waals surface area contributed by atoms with Crippen LogP contribution in [0, 0.1) is 0 Å². The van der Waals surface area contributed by atoms with Gasteiger partial charge in [0.15, 0.2) is 0 Å². The van der Waals surface area contributed by atoms with Crippen molar-refractivity contribution in [1.29, 1.82) is 0 Å². The molecule has 0 spiro atoms. The van der Waals surface area contributed by atoms with Crippen LogP contribution in [0.25, 0.3) is 0 Å². The van der Waals surface area contributed by atoms with Gasteiger partial charge in [0.2, 0.25) is 8.32 Å². The number of carbonyl (C=O) groups is 1. The fraction of sp³-hybridized carbons (Fsp3) is 0.250. The summed E-state index contributed by atoms with van der Waals surface area (Å²) in [6, 6.07) is 14.3. The first kappa shape index (κ1) is 20.1. The highest BCUT2D eigenvalue weighted by molar-refractivity contribution is 6.69. The van der Waals surface area contributed by atoms with Gasteiger partial charge in [0.05, 0.1) is 5.56 Å². The van der Waals surface area contributed by atoms with Gasteiger partial charge in [0.25, 0.3) is 5.95 Å². The van der Waals surface area contributed by atoms with Gasteiger partial charge in [0, 0.05) is 5.88 Å². The zero-order valence-electron chi connectivity index (χ0n) is 15.3. The van der Waals surface area contributed by atoms with Gasteiger partial charge in [0.1, 0.15) is 12.4 Å². The van der Waals surface area contributed by atoms with Crippen molar-refractivity contribution in [3.05, 3.63) is 77.7 Å². The van der Waals surface area contributed by atoms with Gasteiger partial charge in [-0.1, -0.05) is 24.3 Å². The summed E-state index contributed by atoms with van der Waals surface area (Å²) in [4.78, 5) is 12.1. The van der Waals surface area contributed by atoms with Gasteiger partial charge < -0.3 is 13.9 Å². The molecule has 0 aromatic heterocycles. The quantitative estimate of drug-likeness (QED) is 0.259. The van der Waals surface area contributed by atoms with Crippen molar-refractivity contribution in [2.45, 2.75) is 32.1 Å². The highest BCUT2D eigenvalue weighted by Crippen LogP contribution is 2.18. The largest absolute Gasteiger partial charge is 0.520 e. The Labute approximate surface area is 160 Å². The topological polar surface area (TPSA) is 44.8 Å². The average molecular weight is 391 g/mol. The van der Waals surface area contributed by atoms with Gasteiger partial charge in [-0.25, -0.2) is 4.79 Å². The predicted molar refractivity (Wildman–Crippen MR) is 106 cm³/mol. The van der Waals surface area contributed by atoms with Crippen molar-refractivity contribution in [3.63, 3.8) is 0 Å². The second kappa shape index (κ2) is 8.92. The maximum atomic E-state index is 12.1. The summed E-state index contributed by atoms with van der Waals surface area (Å²) in [6.45, 7) is 10.1. The summed E-state index contributed by atoms with van der Waals surface area (Å²) >= 11 is 5.74. The maximum Gasteiger partial charge on any atom is 0.338 e. The molecule has 2 rings (SSSR count). The van der Waals surface area contributed by atoms with Crippen molar-refractivity contribution in [1.82, 2.24) is 0 Å². The molecule has 0 aliphatic carbocycles. The van der Waals surface area contributed by atoms with E-state index in [0.29, 0.717) is 23.1 Å². The van der Waals surface area contributed by atoms with Gasteiger partial charge in [-0.05, 0) is 61.6 Å². The molecule has 0 aliphatic rings. The monoisotopic (exact) mass is 390 g/mol. The molecule has 0 radical (unpaired) electrons. The first-order valence-corrected chi connectivity index (χ1v) is 12.2. The SMILES string of the molecule is C=C(Oc1ccc(COC(=O)c2ccc(CCl)cc2)cc1)O[Si](C)(C)C. The Bertz CT molecular complexity index is 749. The van der Waals surface area contributed by atoms with Crippen LogP contribution in [0.5, 0.6) is 5.75 Å². The van der Waals surface area contributed by atoms with E-state index in [0.717, 1.165) is 11.1 Å². The molecular formula is C20H23ClO4Si. The highest BCUT2D eigenvalue weighted by atomic mass is 35.5. The molecule has 0 saturated carbocycles. The van der Waals surface area contributed by atoms with E-state index < -0.39 is 8.32 Å². The van der Waals surface area contributed by atoms with Crippen molar-refractivity contribution in [2.24, 2.45) is 0 Å². The number of halogens is 1. The third-order valence-corrected chi connectivity index (χ3v) is 4.44. The lowest BCUT2D eigenvalue weighted by atomic mass is 10.1. The van der Waals surface area contributed by atoms with Crippen molar-refractivity contribution in [3.8, 4) is 5.75 Å². The van der Waals surface area contributed by atoms with E-state index in [4.69, 9.17) is 25.5 Å². The van der Waals surface area contributed by atoms with Crippen LogP contribution in [0.4, 0.5) is 0 Å². The van der Waals surface area contributed by atoms with Crippen molar-refractivity contribution >= 4 is 25.9 Å². The molecule has 6 heteroatoms. The number of esters is 1. The Morgan fingerprint density at radius 2 is 1.58 bits per heavy atom. The number of rotatable bonds is 8. The van der Waals surface area contributed by atoms with E-state index in [-0.39, 0.29) is 12.6 Å². The maximum absolute atomic E-state index is 12.1. The number of benzene rings is 2. The van der Waals surface area contributed by atoms with Crippen LogP contribution in [-0.2, 0) is 21.6 Å². The van der Waals surface area contributed by atoms with Crippen LogP contribution in [0.15, 0.2) is 61.1 Å². The predicted octanol–water partition coefficient (Wildman–Crippen LogP) is 5.48. The molecule has 0 N–H and O–H groups in total. The summed E-state index contributed by atoms with van der Waals surface area (Å²) in [7, 11) is -1.74. The Morgan fingerprint density at radius 1 is 1.00 bits per heavy atom. The molecule has 2 aromatic carbocycles. The molecule has 138 valence electrons. The smallest absolute Gasteiger partial charge is 0.338 e. The summed E-state index contributed by atoms with van der Waals surface area (Å²) < 4.78 is 16.5. The second-order valence-corrected chi connectivity index (χ2v) is 11.4. The van der Waals surface area contributed by atoms with Gasteiger partial charge in [-0.15, -0.1) is 11.6 Å². The first-order chi connectivity index (χ1) is 12.3. The standard InChI is InChI=1S/C20H23ClO4Si/c1-15(25-26(2,3)4)24-19-11-7-17(8-12-19)14-23-20(22)18-9-5-16(13-21)6-10-18/h5-12H,1,13-14H2,2-4H3. The van der Waals surface area contributed by atoms with E-state index in [1.54, 1.807) is 24.3 Å². The number of alkyl halides is 1. The summed E-state index contributed by atoms with van der Waals surface area (Å²) in [5.74, 6) is 0.964. The molecule has 0 heterocycles. The van der Waals surface area contributed by atoms with E-state index in [9.17, 15) is 4.79 Å². The summed E-state index contributed by atoms with van der Waals surface area (Å²) in [5.41, 5.74) is 2.32. The van der Waals surface area contributed by atoms with E-state index in [2.05, 4.69) is 26.2 Å². The minimum Gasteiger partial charge on any atom is -0.520 e. The lowest BCUT2D eigenvalue weighted by Crippen LogP contribution is -2.26. The molecular weight excluding hydrogens is 368 g/mol. The molecule has 0 amide bonds. The Kier molecular flexibility index (Phi) is 6.88. The molecule has 0 atom stereocenters. The molecule has 26 heavy (non-hydrogen) atoms. The third kappa shape index (κ3) is 6.58. The van der Waals surface area contributed by atoms with Crippen LogP contribution in [0.2, 0.25) is 19.6 Å². The lowest BCUT2D eigenvalue weighted by molar-refractivity contribution is 0.0472. The number of carbonyl (C=O) groups excluding carboxylic acids is 1. The van der Waals surface area contributed by atoms with Gasteiger partial charge in [-0.3, -0.25) is 0 Å². The normalized spacial score (nSPS) is 10.9. The van der Waals surface area contributed by atoms with Gasteiger partial charge in [-0.2, -0.15) is 0 Å². The van der Waals surface area contributed by atoms with Gasteiger partial charge >= 0.3 is 5.97 Å². The molecule has 0 saturated heterocycles. The molecule has 0 bridgehead atoms. The van der Waals surface area contributed by atoms with Crippen LogP contribution in [0.3, 0.4) is 0 Å². The van der Waals surface area contributed by atoms with E-state index >= 15 is 0 Å². The highest BCUT2D eigenvalue weighted by Gasteiger charge is 2.17. The molecule has 0 unspecified atom stereocenters. The van der Waals surface area contributed by atoms with Crippen LogP contribution in [-0.4, -0.2) is 14.3 Å². The number of hydrogen-bond donors (Lipinski definition) is 0. The lowest BCUT2D eigenvalue weighted by Gasteiger charge is -2.20. The fourth-order valence-electron chi connectivity index (χ4n) is 2.11.